The maximum Gasteiger partial charge on any atom is 0.303 e. The van der Waals surface area contributed by atoms with Crippen molar-refractivity contribution in [2.24, 2.45) is 40.4 Å². The van der Waals surface area contributed by atoms with Crippen LogP contribution in [0, 0.1) is 47.3 Å². The van der Waals surface area contributed by atoms with Gasteiger partial charge in [0.1, 0.15) is 11.4 Å². The van der Waals surface area contributed by atoms with Gasteiger partial charge in [0.25, 0.3) is 10.1 Å². The third-order valence-electron chi connectivity index (χ3n) is 11.4. The average molecular weight is 575 g/mol. The topological polar surface area (TPSA) is 124 Å². The number of benzene rings is 1. The molecular formula is C31H42O8S. The molecule has 4 aliphatic rings. The van der Waals surface area contributed by atoms with Crippen molar-refractivity contribution >= 4 is 27.7 Å². The second kappa shape index (κ2) is 10.0. The number of aliphatic hydroxyl groups is 1. The van der Waals surface area contributed by atoms with E-state index in [1.165, 1.54) is 19.1 Å². The van der Waals surface area contributed by atoms with E-state index in [1.54, 1.807) is 12.1 Å². The minimum atomic E-state index is -4.15. The van der Waals surface area contributed by atoms with Gasteiger partial charge in [0.05, 0.1) is 11.0 Å². The molecule has 0 unspecified atom stereocenters. The lowest BCUT2D eigenvalue weighted by molar-refractivity contribution is -0.198. The van der Waals surface area contributed by atoms with Gasteiger partial charge in [-0.05, 0) is 86.2 Å². The Morgan fingerprint density at radius 2 is 1.80 bits per heavy atom. The fraction of sp³-hybridized carbons (Fsp3) is 0.710. The largest absolute Gasteiger partial charge is 0.458 e. The van der Waals surface area contributed by atoms with Gasteiger partial charge in [-0.25, -0.2) is 0 Å². The molecule has 5 rings (SSSR count). The number of carbonyl (C=O) groups is 3. The van der Waals surface area contributed by atoms with Gasteiger partial charge in [-0.2, -0.15) is 8.42 Å². The molecule has 1 aromatic rings. The predicted octanol–water partition coefficient (Wildman–Crippen LogP) is 4.40. The van der Waals surface area contributed by atoms with Crippen molar-refractivity contribution in [1.29, 1.82) is 0 Å². The molecule has 1 aromatic carbocycles. The first-order chi connectivity index (χ1) is 18.6. The van der Waals surface area contributed by atoms with Gasteiger partial charge in [-0.3, -0.25) is 18.6 Å². The third-order valence-corrected chi connectivity index (χ3v) is 12.7. The highest BCUT2D eigenvalue weighted by atomic mass is 32.2. The molecule has 0 saturated heterocycles. The number of rotatable bonds is 6. The minimum absolute atomic E-state index is 0.0180. The standard InChI is InChI=1S/C31H42O8S/c1-18-6-9-23(10-7-18)40(36,37)39-26-16-30(5)25(14-19(2)31(30,35)27(34)17-38-20(3)32)24-11-8-21-15-22(33)12-13-29(21,4)28(24)26/h6-7,9-10,19,21,24-26,28,35H,8,11-17H2,1-5H3/t19-,21+,24+,25+,26-,28-,29+,30+,31+/m1/s1. The molecule has 40 heavy (non-hydrogen) atoms. The fourth-order valence-corrected chi connectivity index (χ4v) is 10.4. The Hall–Kier alpha value is -2.10. The van der Waals surface area contributed by atoms with Crippen LogP contribution in [0.15, 0.2) is 29.2 Å². The Morgan fingerprint density at radius 3 is 2.45 bits per heavy atom. The summed E-state index contributed by atoms with van der Waals surface area (Å²) in [6.45, 7) is 8.51. The van der Waals surface area contributed by atoms with Crippen molar-refractivity contribution in [1.82, 2.24) is 0 Å². The second-order valence-corrected chi connectivity index (χ2v) is 15.0. The molecule has 0 amide bonds. The van der Waals surface area contributed by atoms with Crippen LogP contribution in [0.1, 0.15) is 78.2 Å². The number of aryl methyl sites for hydroxylation is 1. The van der Waals surface area contributed by atoms with E-state index in [2.05, 4.69) is 6.92 Å². The van der Waals surface area contributed by atoms with E-state index in [-0.39, 0.29) is 46.2 Å². The SMILES string of the molecule is CC(=O)OCC(=O)[C@@]1(O)[C@H](C)C[C@H]2[C@@H]3CC[C@H]4CC(=O)CC[C@]4(C)[C@H]3[C@H](OS(=O)(=O)c3ccc(C)cc3)C[C@@]21C. The Morgan fingerprint density at radius 1 is 1.12 bits per heavy atom. The van der Waals surface area contributed by atoms with Crippen LogP contribution < -0.4 is 0 Å². The zero-order chi connectivity index (χ0) is 29.3. The van der Waals surface area contributed by atoms with Gasteiger partial charge >= 0.3 is 5.97 Å². The smallest absolute Gasteiger partial charge is 0.303 e. The molecule has 4 aliphatic carbocycles. The normalized spacial score (nSPS) is 41.0. The minimum Gasteiger partial charge on any atom is -0.458 e. The molecule has 0 spiro atoms. The van der Waals surface area contributed by atoms with Gasteiger partial charge in [0.2, 0.25) is 5.78 Å². The van der Waals surface area contributed by atoms with Crippen LogP contribution in [-0.4, -0.2) is 49.4 Å². The zero-order valence-corrected chi connectivity index (χ0v) is 25.0. The third kappa shape index (κ3) is 4.47. The molecule has 9 atom stereocenters. The predicted molar refractivity (Wildman–Crippen MR) is 146 cm³/mol. The van der Waals surface area contributed by atoms with E-state index < -0.39 is 51.5 Å². The second-order valence-electron chi connectivity index (χ2n) is 13.4. The molecule has 220 valence electrons. The van der Waals surface area contributed by atoms with Gasteiger partial charge in [0.15, 0.2) is 6.61 Å². The van der Waals surface area contributed by atoms with Crippen LogP contribution in [0.4, 0.5) is 0 Å². The van der Waals surface area contributed by atoms with E-state index in [4.69, 9.17) is 8.92 Å². The van der Waals surface area contributed by atoms with Crippen molar-refractivity contribution in [3.63, 3.8) is 0 Å². The Kier molecular flexibility index (Phi) is 7.36. The maximum atomic E-state index is 13.7. The lowest BCUT2D eigenvalue weighted by Crippen LogP contribution is -2.64. The molecule has 4 fully saturated rings. The van der Waals surface area contributed by atoms with Crippen molar-refractivity contribution in [2.45, 2.75) is 96.2 Å². The molecule has 0 aromatic heterocycles. The summed E-state index contributed by atoms with van der Waals surface area (Å²) in [7, 11) is -4.15. The van der Waals surface area contributed by atoms with E-state index >= 15 is 0 Å². The number of Topliss-reactive ketones (excluding diaryl/α,β-unsaturated/α-hetero) is 2. The Labute approximate surface area is 237 Å². The number of carbonyl (C=O) groups excluding carboxylic acids is 3. The molecule has 9 heteroatoms. The summed E-state index contributed by atoms with van der Waals surface area (Å²) in [5.74, 6) is -1.33. The molecular weight excluding hydrogens is 532 g/mol. The molecule has 0 radical (unpaired) electrons. The van der Waals surface area contributed by atoms with Crippen LogP contribution in [0.3, 0.4) is 0 Å². The van der Waals surface area contributed by atoms with Crippen molar-refractivity contribution in [3.05, 3.63) is 29.8 Å². The first-order valence-electron chi connectivity index (χ1n) is 14.5. The summed E-state index contributed by atoms with van der Waals surface area (Å²) in [6.07, 6.45) is 3.28. The molecule has 1 N–H and O–H groups in total. The summed E-state index contributed by atoms with van der Waals surface area (Å²) in [5, 5.41) is 12.2. The number of fused-ring (bicyclic) bond motifs is 5. The van der Waals surface area contributed by atoms with E-state index in [0.29, 0.717) is 25.7 Å². The van der Waals surface area contributed by atoms with Crippen LogP contribution in [0.25, 0.3) is 0 Å². The summed E-state index contributed by atoms with van der Waals surface area (Å²) in [6, 6.07) is 6.54. The number of hydrogen-bond acceptors (Lipinski definition) is 8. The number of ether oxygens (including phenoxy) is 1. The van der Waals surface area contributed by atoms with Gasteiger partial charge in [0, 0.05) is 25.2 Å². The summed E-state index contributed by atoms with van der Waals surface area (Å²) >= 11 is 0. The first-order valence-corrected chi connectivity index (χ1v) is 15.9. The van der Waals surface area contributed by atoms with Crippen molar-refractivity contribution in [2.75, 3.05) is 6.61 Å². The van der Waals surface area contributed by atoms with Crippen molar-refractivity contribution < 1.29 is 36.8 Å². The lowest BCUT2D eigenvalue weighted by Gasteiger charge is -2.62. The molecule has 8 nitrogen and oxygen atoms in total. The van der Waals surface area contributed by atoms with Crippen LogP contribution in [0.5, 0.6) is 0 Å². The zero-order valence-electron chi connectivity index (χ0n) is 24.1. The van der Waals surface area contributed by atoms with Crippen LogP contribution in [-0.2, 0) is 33.4 Å². The lowest BCUT2D eigenvalue weighted by atomic mass is 9.43. The van der Waals surface area contributed by atoms with Gasteiger partial charge in [-0.1, -0.05) is 38.5 Å². The molecule has 4 saturated carbocycles. The van der Waals surface area contributed by atoms with E-state index in [9.17, 15) is 27.9 Å². The number of hydrogen-bond donors (Lipinski definition) is 1. The summed E-state index contributed by atoms with van der Waals surface area (Å²) in [5.41, 5.74) is -2.14. The highest BCUT2D eigenvalue weighted by Gasteiger charge is 2.71. The first kappa shape index (κ1) is 29.4. The van der Waals surface area contributed by atoms with Crippen LogP contribution in [0.2, 0.25) is 0 Å². The molecule has 0 heterocycles. The average Bonchev–Trinajstić information content (AvgIpc) is 3.08. The number of ketones is 2. The summed E-state index contributed by atoms with van der Waals surface area (Å²) in [4.78, 5) is 37.6. The molecule has 0 aliphatic heterocycles. The van der Waals surface area contributed by atoms with Crippen molar-refractivity contribution in [3.8, 4) is 0 Å². The van der Waals surface area contributed by atoms with E-state index in [0.717, 1.165) is 18.4 Å². The number of esters is 1. The van der Waals surface area contributed by atoms with E-state index in [1.807, 2.05) is 20.8 Å². The Bertz CT molecular complexity index is 1300. The molecule has 0 bridgehead atoms. The van der Waals surface area contributed by atoms with Gasteiger partial charge in [-0.15, -0.1) is 0 Å². The summed E-state index contributed by atoms with van der Waals surface area (Å²) < 4.78 is 38.5. The highest BCUT2D eigenvalue weighted by Crippen LogP contribution is 2.69. The Balaban J connectivity index is 1.58. The highest BCUT2D eigenvalue weighted by molar-refractivity contribution is 7.86. The quantitative estimate of drug-likeness (QED) is 0.392. The maximum absolute atomic E-state index is 13.7. The van der Waals surface area contributed by atoms with Crippen LogP contribution >= 0.6 is 0 Å². The fourth-order valence-electron chi connectivity index (χ4n) is 9.35. The van der Waals surface area contributed by atoms with Gasteiger partial charge < -0.3 is 9.84 Å². The monoisotopic (exact) mass is 574 g/mol.